The van der Waals surface area contributed by atoms with Crippen molar-refractivity contribution in [2.24, 2.45) is 0 Å². The van der Waals surface area contributed by atoms with Crippen LogP contribution in [0.5, 0.6) is 0 Å². The largest absolute Gasteiger partial charge is 0.466 e. The molecule has 0 bridgehead atoms. The summed E-state index contributed by atoms with van der Waals surface area (Å²) in [5.41, 5.74) is 0.884. The van der Waals surface area contributed by atoms with Gasteiger partial charge in [0.25, 0.3) is 0 Å². The molecule has 0 spiro atoms. The van der Waals surface area contributed by atoms with E-state index < -0.39 is 47.9 Å². The number of halogens is 3. The number of esters is 1. The molecule has 0 aromatic heterocycles. The highest BCUT2D eigenvalue weighted by Gasteiger charge is 2.27. The molecule has 0 fully saturated rings. The molecule has 0 aliphatic rings. The van der Waals surface area contributed by atoms with E-state index in [9.17, 15) is 19.1 Å². The summed E-state index contributed by atoms with van der Waals surface area (Å²) in [5.74, 6) is -3.74. The van der Waals surface area contributed by atoms with Gasteiger partial charge in [-0.1, -0.05) is 12.2 Å². The third-order valence-corrected chi connectivity index (χ3v) is 5.87. The summed E-state index contributed by atoms with van der Waals surface area (Å²) in [6.45, 7) is 10.3. The number of hydrogen-bond donors (Lipinski definition) is 2. The number of carbonyl (C=O) groups is 2. The zero-order valence-electron chi connectivity index (χ0n) is 21.3. The number of nitrogens with one attached hydrogen (secondary N) is 1. The third-order valence-electron chi connectivity index (χ3n) is 5.87. The van der Waals surface area contributed by atoms with Gasteiger partial charge in [-0.2, -0.15) is 0 Å². The van der Waals surface area contributed by atoms with Crippen molar-refractivity contribution < 1.29 is 32.6 Å². The van der Waals surface area contributed by atoms with Crippen molar-refractivity contribution in [3.63, 3.8) is 0 Å². The number of hydrogen-bond acceptors (Lipinski definition) is 4. The molecule has 2 rings (SSSR count). The lowest BCUT2D eigenvalue weighted by Crippen LogP contribution is -2.38. The van der Waals surface area contributed by atoms with Gasteiger partial charge in [-0.05, 0) is 74.4 Å². The molecular weight excluding hydrogens is 483 g/mol. The number of rotatable bonds is 14. The molecule has 0 saturated carbocycles. The van der Waals surface area contributed by atoms with Crippen molar-refractivity contribution in [1.29, 1.82) is 0 Å². The quantitative estimate of drug-likeness (QED) is 0.182. The first-order valence-corrected chi connectivity index (χ1v) is 12.3. The standard InChI is InChI=1S/C29H34F3NO4/c1-5-8-9-10-12-19-14-21(30)16-23(31)27(19)20-13-18(4)28(32)22(15-20)24(17-26(35)37-7-3)33-29(36)25(34)11-6-2/h5-6,13-16,24-25,34H,1-2,7-12,17H2,3-4H3,(H,33,36)/t24-,25+/m0/s1. The van der Waals surface area contributed by atoms with Crippen LogP contribution in [0.2, 0.25) is 0 Å². The maximum absolute atomic E-state index is 15.4. The summed E-state index contributed by atoms with van der Waals surface area (Å²) in [6.07, 6.45) is 3.81. The fourth-order valence-corrected chi connectivity index (χ4v) is 4.10. The Labute approximate surface area is 216 Å². The van der Waals surface area contributed by atoms with Gasteiger partial charge >= 0.3 is 5.97 Å². The highest BCUT2D eigenvalue weighted by Crippen LogP contribution is 2.34. The number of carbonyl (C=O) groups excluding carboxylic acids is 2. The minimum Gasteiger partial charge on any atom is -0.466 e. The van der Waals surface area contributed by atoms with Crippen LogP contribution in [-0.4, -0.2) is 29.7 Å². The first-order valence-electron chi connectivity index (χ1n) is 12.3. The van der Waals surface area contributed by atoms with Gasteiger partial charge in [-0.15, -0.1) is 13.2 Å². The lowest BCUT2D eigenvalue weighted by molar-refractivity contribution is -0.144. The first kappa shape index (κ1) is 29.8. The van der Waals surface area contributed by atoms with Gasteiger partial charge in [0.2, 0.25) is 5.91 Å². The van der Waals surface area contributed by atoms with Gasteiger partial charge in [-0.25, -0.2) is 13.2 Å². The van der Waals surface area contributed by atoms with Gasteiger partial charge in [0.05, 0.1) is 19.1 Å². The second-order valence-corrected chi connectivity index (χ2v) is 8.76. The van der Waals surface area contributed by atoms with Crippen molar-refractivity contribution in [2.75, 3.05) is 6.61 Å². The summed E-state index contributed by atoms with van der Waals surface area (Å²) in [5, 5.41) is 12.5. The summed E-state index contributed by atoms with van der Waals surface area (Å²) < 4.78 is 49.6. The van der Waals surface area contributed by atoms with Gasteiger partial charge in [0.1, 0.15) is 23.6 Å². The molecule has 2 N–H and O–H groups in total. The monoisotopic (exact) mass is 517 g/mol. The van der Waals surface area contributed by atoms with Crippen LogP contribution < -0.4 is 5.32 Å². The van der Waals surface area contributed by atoms with E-state index in [1.165, 1.54) is 31.2 Å². The molecule has 8 heteroatoms. The molecule has 0 aliphatic carbocycles. The molecule has 2 atom stereocenters. The minimum absolute atomic E-state index is 0.0461. The molecule has 200 valence electrons. The average Bonchev–Trinajstić information content (AvgIpc) is 2.83. The Balaban J connectivity index is 2.59. The lowest BCUT2D eigenvalue weighted by Gasteiger charge is -2.23. The number of aliphatic hydroxyl groups excluding tert-OH is 1. The summed E-state index contributed by atoms with van der Waals surface area (Å²) in [7, 11) is 0. The van der Waals surface area contributed by atoms with Crippen LogP contribution >= 0.6 is 0 Å². The molecular formula is C29H34F3NO4. The number of aryl methyl sites for hydroxylation is 2. The molecule has 0 radical (unpaired) electrons. The Morgan fingerprint density at radius 1 is 1.11 bits per heavy atom. The van der Waals surface area contributed by atoms with E-state index in [2.05, 4.69) is 18.5 Å². The molecule has 0 heterocycles. The van der Waals surface area contributed by atoms with Gasteiger partial charge in [-0.3, -0.25) is 9.59 Å². The van der Waals surface area contributed by atoms with Crippen molar-refractivity contribution >= 4 is 11.9 Å². The summed E-state index contributed by atoms with van der Waals surface area (Å²) in [6, 6.07) is 3.61. The number of aliphatic hydroxyl groups is 1. The van der Waals surface area contributed by atoms with E-state index >= 15 is 8.78 Å². The van der Waals surface area contributed by atoms with Crippen molar-refractivity contribution in [1.82, 2.24) is 5.32 Å². The minimum atomic E-state index is -1.45. The van der Waals surface area contributed by atoms with Crippen LogP contribution in [0.3, 0.4) is 0 Å². The number of unbranched alkanes of at least 4 members (excludes halogenated alkanes) is 2. The van der Waals surface area contributed by atoms with Gasteiger partial charge in [0, 0.05) is 23.6 Å². The number of amides is 1. The smallest absolute Gasteiger partial charge is 0.308 e. The van der Waals surface area contributed by atoms with Crippen LogP contribution in [0, 0.1) is 24.4 Å². The molecule has 0 saturated heterocycles. The van der Waals surface area contributed by atoms with E-state index in [0.717, 1.165) is 18.9 Å². The summed E-state index contributed by atoms with van der Waals surface area (Å²) in [4.78, 5) is 24.8. The molecule has 2 aromatic rings. The molecule has 0 unspecified atom stereocenters. The summed E-state index contributed by atoms with van der Waals surface area (Å²) >= 11 is 0. The van der Waals surface area contributed by atoms with Crippen LogP contribution in [-0.2, 0) is 20.7 Å². The SMILES string of the molecule is C=CCCCCc1cc(F)cc(F)c1-c1cc(C)c(F)c([C@H](CC(=O)OCC)NC(=O)[C@H](O)CC=C)c1. The normalized spacial score (nSPS) is 12.5. The topological polar surface area (TPSA) is 75.6 Å². The van der Waals surface area contributed by atoms with Crippen LogP contribution in [0.1, 0.15) is 61.8 Å². The number of benzene rings is 2. The van der Waals surface area contributed by atoms with Crippen molar-refractivity contribution in [2.45, 2.75) is 64.5 Å². The Kier molecular flexibility index (Phi) is 11.6. The average molecular weight is 518 g/mol. The predicted molar refractivity (Wildman–Crippen MR) is 137 cm³/mol. The van der Waals surface area contributed by atoms with Crippen molar-refractivity contribution in [3.8, 4) is 11.1 Å². The highest BCUT2D eigenvalue weighted by molar-refractivity contribution is 5.82. The Hall–Kier alpha value is -3.39. The van der Waals surface area contributed by atoms with Gasteiger partial charge in [0.15, 0.2) is 0 Å². The predicted octanol–water partition coefficient (Wildman–Crippen LogP) is 6.03. The van der Waals surface area contributed by atoms with E-state index in [0.29, 0.717) is 18.4 Å². The van der Waals surface area contributed by atoms with Crippen LogP contribution in [0.4, 0.5) is 13.2 Å². The second kappa shape index (κ2) is 14.4. The second-order valence-electron chi connectivity index (χ2n) is 8.76. The van der Waals surface area contributed by atoms with Crippen LogP contribution in [0.15, 0.2) is 49.6 Å². The first-order chi connectivity index (χ1) is 17.6. The zero-order chi connectivity index (χ0) is 27.5. The van der Waals surface area contributed by atoms with Gasteiger partial charge < -0.3 is 15.2 Å². The van der Waals surface area contributed by atoms with E-state index in [1.54, 1.807) is 13.0 Å². The highest BCUT2D eigenvalue weighted by atomic mass is 19.1. The fourth-order valence-electron chi connectivity index (χ4n) is 4.10. The van der Waals surface area contributed by atoms with Crippen molar-refractivity contribution in [3.05, 3.63) is 83.7 Å². The number of ether oxygens (including phenoxy) is 1. The Bertz CT molecular complexity index is 1130. The Morgan fingerprint density at radius 3 is 2.49 bits per heavy atom. The zero-order valence-corrected chi connectivity index (χ0v) is 21.3. The van der Waals surface area contributed by atoms with E-state index in [-0.39, 0.29) is 35.3 Å². The lowest BCUT2D eigenvalue weighted by atomic mass is 9.90. The number of allylic oxidation sites excluding steroid dienone is 1. The molecule has 2 aromatic carbocycles. The van der Waals surface area contributed by atoms with E-state index in [1.807, 2.05) is 0 Å². The van der Waals surface area contributed by atoms with E-state index in [4.69, 9.17) is 4.74 Å². The molecule has 0 aliphatic heterocycles. The maximum Gasteiger partial charge on any atom is 0.308 e. The fraction of sp³-hybridized carbons (Fsp3) is 0.379. The third kappa shape index (κ3) is 8.32. The molecule has 1 amide bonds. The molecule has 5 nitrogen and oxygen atoms in total. The van der Waals surface area contributed by atoms with Crippen LogP contribution in [0.25, 0.3) is 11.1 Å². The molecule has 37 heavy (non-hydrogen) atoms. The maximum atomic E-state index is 15.4. The Morgan fingerprint density at radius 2 is 1.84 bits per heavy atom.